The van der Waals surface area contributed by atoms with E-state index >= 15 is 0 Å². The highest BCUT2D eigenvalue weighted by Gasteiger charge is 2.25. The first-order chi connectivity index (χ1) is 11.2. The third-order valence-corrected chi connectivity index (χ3v) is 3.90. The Morgan fingerprint density at radius 2 is 1.39 bits per heavy atom. The number of urea groups is 1. The van der Waals surface area contributed by atoms with Crippen LogP contribution in [0.5, 0.6) is 0 Å². The second-order valence-corrected chi connectivity index (χ2v) is 5.64. The standard InChI is InChI=1S/C18H19N3O2/c22-17(13-6-4-7-13)19-15-10-5-11-16(12-15)21-18(23)20-14-8-2-1-3-9-14/h1-3,5,8-13H,4,6-7H2,(H,19,22)(H2,20,21,23). The molecule has 3 N–H and O–H groups in total. The molecule has 3 amide bonds. The Kier molecular flexibility index (Phi) is 4.57. The van der Waals surface area contributed by atoms with Crippen molar-refractivity contribution in [2.24, 2.45) is 5.92 Å². The van der Waals surface area contributed by atoms with Gasteiger partial charge in [-0.3, -0.25) is 4.79 Å². The molecule has 0 aliphatic heterocycles. The average Bonchev–Trinajstić information content (AvgIpc) is 2.46. The molecular formula is C18H19N3O2. The summed E-state index contributed by atoms with van der Waals surface area (Å²) in [6.45, 7) is 0. The Bertz CT molecular complexity index is 696. The summed E-state index contributed by atoms with van der Waals surface area (Å²) in [4.78, 5) is 23.9. The molecule has 0 radical (unpaired) electrons. The summed E-state index contributed by atoms with van der Waals surface area (Å²) in [7, 11) is 0. The fourth-order valence-corrected chi connectivity index (χ4v) is 2.40. The molecule has 5 heteroatoms. The Hall–Kier alpha value is -2.82. The second-order valence-electron chi connectivity index (χ2n) is 5.64. The zero-order valence-electron chi connectivity index (χ0n) is 12.7. The molecule has 0 heterocycles. The van der Waals surface area contributed by atoms with Crippen molar-refractivity contribution in [1.29, 1.82) is 0 Å². The van der Waals surface area contributed by atoms with Crippen molar-refractivity contribution in [2.45, 2.75) is 19.3 Å². The van der Waals surface area contributed by atoms with Gasteiger partial charge in [-0.05, 0) is 43.2 Å². The lowest BCUT2D eigenvalue weighted by Crippen LogP contribution is -2.28. The van der Waals surface area contributed by atoms with E-state index in [9.17, 15) is 9.59 Å². The van der Waals surface area contributed by atoms with Crippen LogP contribution in [-0.2, 0) is 4.79 Å². The molecule has 0 atom stereocenters. The number of anilines is 3. The van der Waals surface area contributed by atoms with Gasteiger partial charge in [0.05, 0.1) is 0 Å². The van der Waals surface area contributed by atoms with Crippen LogP contribution in [0.4, 0.5) is 21.9 Å². The topological polar surface area (TPSA) is 70.2 Å². The smallest absolute Gasteiger partial charge is 0.323 e. The SMILES string of the molecule is O=C(Nc1ccccc1)Nc1cccc(NC(=O)C2CCC2)c1. The number of nitrogens with one attached hydrogen (secondary N) is 3. The molecule has 2 aromatic carbocycles. The highest BCUT2D eigenvalue weighted by atomic mass is 16.2. The number of para-hydroxylation sites is 1. The largest absolute Gasteiger partial charge is 0.326 e. The number of hydrogen-bond donors (Lipinski definition) is 3. The Labute approximate surface area is 135 Å². The number of rotatable bonds is 4. The molecule has 1 aliphatic carbocycles. The van der Waals surface area contributed by atoms with E-state index in [2.05, 4.69) is 16.0 Å². The van der Waals surface area contributed by atoms with Crippen LogP contribution in [0.2, 0.25) is 0 Å². The minimum Gasteiger partial charge on any atom is -0.326 e. The molecule has 0 aromatic heterocycles. The van der Waals surface area contributed by atoms with Gasteiger partial charge in [0.2, 0.25) is 5.91 Å². The molecule has 23 heavy (non-hydrogen) atoms. The van der Waals surface area contributed by atoms with Gasteiger partial charge >= 0.3 is 6.03 Å². The monoisotopic (exact) mass is 309 g/mol. The maximum atomic E-state index is 12.0. The number of carbonyl (C=O) groups excluding carboxylic acids is 2. The molecule has 2 aromatic rings. The summed E-state index contributed by atoms with van der Waals surface area (Å²) in [5, 5.41) is 8.41. The van der Waals surface area contributed by atoms with Crippen LogP contribution in [0.1, 0.15) is 19.3 Å². The first kappa shape index (κ1) is 15.1. The van der Waals surface area contributed by atoms with Gasteiger partial charge in [-0.1, -0.05) is 30.7 Å². The lowest BCUT2D eigenvalue weighted by atomic mass is 9.85. The van der Waals surface area contributed by atoms with Crippen LogP contribution in [-0.4, -0.2) is 11.9 Å². The predicted octanol–water partition coefficient (Wildman–Crippen LogP) is 4.07. The Morgan fingerprint density at radius 1 is 0.783 bits per heavy atom. The number of amides is 3. The molecular weight excluding hydrogens is 290 g/mol. The van der Waals surface area contributed by atoms with Crippen LogP contribution in [0.3, 0.4) is 0 Å². The van der Waals surface area contributed by atoms with E-state index in [4.69, 9.17) is 0 Å². The number of benzene rings is 2. The second kappa shape index (κ2) is 6.96. The molecule has 0 spiro atoms. The minimum absolute atomic E-state index is 0.0575. The maximum absolute atomic E-state index is 12.0. The van der Waals surface area contributed by atoms with Crippen molar-refractivity contribution in [3.05, 3.63) is 54.6 Å². The summed E-state index contributed by atoms with van der Waals surface area (Å²) in [5.41, 5.74) is 2.05. The molecule has 0 bridgehead atoms. The fraction of sp³-hybridized carbons (Fsp3) is 0.222. The van der Waals surface area contributed by atoms with E-state index < -0.39 is 0 Å². The van der Waals surface area contributed by atoms with E-state index in [0.717, 1.165) is 24.9 Å². The number of hydrogen-bond acceptors (Lipinski definition) is 2. The summed E-state index contributed by atoms with van der Waals surface area (Å²) < 4.78 is 0. The normalized spacial score (nSPS) is 13.7. The van der Waals surface area contributed by atoms with E-state index in [1.54, 1.807) is 18.2 Å². The highest BCUT2D eigenvalue weighted by molar-refractivity contribution is 6.00. The summed E-state index contributed by atoms with van der Waals surface area (Å²) in [6, 6.07) is 16.0. The third-order valence-electron chi connectivity index (χ3n) is 3.90. The van der Waals surface area contributed by atoms with E-state index in [-0.39, 0.29) is 17.9 Å². The molecule has 118 valence electrons. The molecule has 1 fully saturated rings. The zero-order valence-corrected chi connectivity index (χ0v) is 12.7. The van der Waals surface area contributed by atoms with Crippen molar-refractivity contribution >= 4 is 29.0 Å². The van der Waals surface area contributed by atoms with E-state index in [1.165, 1.54) is 0 Å². The van der Waals surface area contributed by atoms with Gasteiger partial charge < -0.3 is 16.0 Å². The van der Waals surface area contributed by atoms with Crippen LogP contribution in [0.15, 0.2) is 54.6 Å². The first-order valence-electron chi connectivity index (χ1n) is 7.75. The third kappa shape index (κ3) is 4.10. The van der Waals surface area contributed by atoms with Crippen molar-refractivity contribution in [3.63, 3.8) is 0 Å². The number of carbonyl (C=O) groups is 2. The Morgan fingerprint density at radius 3 is 2.04 bits per heavy atom. The van der Waals surface area contributed by atoms with Crippen LogP contribution in [0.25, 0.3) is 0 Å². The van der Waals surface area contributed by atoms with Gasteiger partial charge in [0.15, 0.2) is 0 Å². The van der Waals surface area contributed by atoms with Crippen LogP contribution >= 0.6 is 0 Å². The van der Waals surface area contributed by atoms with Gasteiger partial charge in [0.1, 0.15) is 0 Å². The first-order valence-corrected chi connectivity index (χ1v) is 7.75. The van der Waals surface area contributed by atoms with Crippen LogP contribution in [0, 0.1) is 5.92 Å². The van der Waals surface area contributed by atoms with Gasteiger partial charge in [0.25, 0.3) is 0 Å². The van der Waals surface area contributed by atoms with E-state index in [0.29, 0.717) is 11.4 Å². The molecule has 0 unspecified atom stereocenters. The molecule has 1 saturated carbocycles. The van der Waals surface area contributed by atoms with E-state index in [1.807, 2.05) is 36.4 Å². The predicted molar refractivity (Wildman–Crippen MR) is 91.5 cm³/mol. The summed E-state index contributed by atoms with van der Waals surface area (Å²) >= 11 is 0. The van der Waals surface area contributed by atoms with Crippen molar-refractivity contribution < 1.29 is 9.59 Å². The van der Waals surface area contributed by atoms with Gasteiger partial charge in [-0.2, -0.15) is 0 Å². The molecule has 3 rings (SSSR count). The Balaban J connectivity index is 1.58. The molecule has 0 saturated heterocycles. The summed E-state index contributed by atoms with van der Waals surface area (Å²) in [5.74, 6) is 0.190. The van der Waals surface area contributed by atoms with Gasteiger partial charge in [-0.15, -0.1) is 0 Å². The molecule has 1 aliphatic rings. The molecule has 5 nitrogen and oxygen atoms in total. The lowest BCUT2D eigenvalue weighted by molar-refractivity contribution is -0.122. The highest BCUT2D eigenvalue weighted by Crippen LogP contribution is 2.28. The minimum atomic E-state index is -0.321. The van der Waals surface area contributed by atoms with Crippen molar-refractivity contribution in [1.82, 2.24) is 0 Å². The van der Waals surface area contributed by atoms with Gasteiger partial charge in [0, 0.05) is 23.0 Å². The van der Waals surface area contributed by atoms with Crippen LogP contribution < -0.4 is 16.0 Å². The quantitative estimate of drug-likeness (QED) is 0.796. The maximum Gasteiger partial charge on any atom is 0.323 e. The van der Waals surface area contributed by atoms with Crippen molar-refractivity contribution in [2.75, 3.05) is 16.0 Å². The van der Waals surface area contributed by atoms with Crippen molar-refractivity contribution in [3.8, 4) is 0 Å². The summed E-state index contributed by atoms with van der Waals surface area (Å²) in [6.07, 6.45) is 3.05. The fourth-order valence-electron chi connectivity index (χ4n) is 2.40. The lowest BCUT2D eigenvalue weighted by Gasteiger charge is -2.24. The average molecular weight is 309 g/mol. The zero-order chi connectivity index (χ0) is 16.1. The van der Waals surface area contributed by atoms with Gasteiger partial charge in [-0.25, -0.2) is 4.79 Å².